The molecule has 2 aliphatic rings. The van der Waals surface area contributed by atoms with E-state index in [2.05, 4.69) is 0 Å². The van der Waals surface area contributed by atoms with Gasteiger partial charge in [-0.15, -0.1) is 0 Å². The van der Waals surface area contributed by atoms with Gasteiger partial charge in [0.05, 0.1) is 12.2 Å². The summed E-state index contributed by atoms with van der Waals surface area (Å²) >= 11 is 0. The van der Waals surface area contributed by atoms with E-state index in [0.29, 0.717) is 5.75 Å². The molecule has 1 aromatic rings. The third kappa shape index (κ3) is 3.22. The largest absolute Gasteiger partial charge is 0.490 e. The molecule has 2 atom stereocenters. The van der Waals surface area contributed by atoms with E-state index in [1.165, 1.54) is 25.0 Å². The van der Waals surface area contributed by atoms with Crippen LogP contribution in [0.25, 0.3) is 0 Å². The first-order chi connectivity index (χ1) is 10.1. The van der Waals surface area contributed by atoms with E-state index in [0.717, 1.165) is 37.9 Å². The lowest BCUT2D eigenvalue weighted by molar-refractivity contribution is -0.108. The lowest BCUT2D eigenvalue weighted by Crippen LogP contribution is -2.41. The zero-order chi connectivity index (χ0) is 14.9. The number of hydrogen-bond acceptors (Lipinski definition) is 3. The van der Waals surface area contributed by atoms with Crippen molar-refractivity contribution in [3.8, 4) is 5.75 Å². The minimum atomic E-state index is -0.281. The third-order valence-electron chi connectivity index (χ3n) is 4.72. The Kier molecular flexibility index (Phi) is 4.18. The van der Waals surface area contributed by atoms with E-state index in [-0.39, 0.29) is 23.6 Å². The molecule has 4 heteroatoms. The van der Waals surface area contributed by atoms with Crippen molar-refractivity contribution in [1.29, 1.82) is 0 Å². The van der Waals surface area contributed by atoms with Crippen LogP contribution in [-0.2, 0) is 4.74 Å². The van der Waals surface area contributed by atoms with Gasteiger partial charge in [-0.25, -0.2) is 4.39 Å². The summed E-state index contributed by atoms with van der Waals surface area (Å²) in [5.41, 5.74) is 6.83. The molecule has 1 aliphatic carbocycles. The molecule has 116 valence electrons. The van der Waals surface area contributed by atoms with Crippen molar-refractivity contribution >= 4 is 0 Å². The Bertz CT molecular complexity index is 498. The second-order valence-corrected chi connectivity index (χ2v) is 6.44. The zero-order valence-corrected chi connectivity index (χ0v) is 12.6. The summed E-state index contributed by atoms with van der Waals surface area (Å²) in [7, 11) is 0. The predicted molar refractivity (Wildman–Crippen MR) is 79.8 cm³/mol. The van der Waals surface area contributed by atoms with Gasteiger partial charge in [-0.2, -0.15) is 0 Å². The van der Waals surface area contributed by atoms with E-state index in [4.69, 9.17) is 15.2 Å². The molecule has 0 radical (unpaired) electrons. The highest BCUT2D eigenvalue weighted by Gasteiger charge is 2.40. The number of hydrogen-bond donors (Lipinski definition) is 1. The highest BCUT2D eigenvalue weighted by Crippen LogP contribution is 2.41. The average molecular weight is 293 g/mol. The molecule has 0 amide bonds. The fraction of sp³-hybridized carbons (Fsp3) is 0.647. The van der Waals surface area contributed by atoms with Crippen LogP contribution in [0.15, 0.2) is 18.2 Å². The van der Waals surface area contributed by atoms with Gasteiger partial charge in [0, 0.05) is 30.5 Å². The van der Waals surface area contributed by atoms with Gasteiger partial charge < -0.3 is 15.2 Å². The molecule has 0 bridgehead atoms. The first-order valence-electron chi connectivity index (χ1n) is 7.94. The van der Waals surface area contributed by atoms with Crippen molar-refractivity contribution in [3.63, 3.8) is 0 Å². The normalized spacial score (nSPS) is 26.0. The molecular formula is C17H24FNO2. The Morgan fingerprint density at radius 3 is 2.86 bits per heavy atom. The molecule has 3 rings (SSSR count). The van der Waals surface area contributed by atoms with E-state index in [9.17, 15) is 4.39 Å². The molecule has 1 saturated carbocycles. The van der Waals surface area contributed by atoms with Crippen LogP contribution in [0, 0.1) is 5.82 Å². The van der Waals surface area contributed by atoms with Gasteiger partial charge in [-0.3, -0.25) is 0 Å². The van der Waals surface area contributed by atoms with Crippen LogP contribution in [0.3, 0.4) is 0 Å². The SMILES string of the molecule is CC(N)c1ccc(F)cc1OC1CCOC2(CCCC2)C1. The van der Waals surface area contributed by atoms with Gasteiger partial charge in [-0.1, -0.05) is 18.9 Å². The Morgan fingerprint density at radius 1 is 1.38 bits per heavy atom. The van der Waals surface area contributed by atoms with Crippen molar-refractivity contribution in [2.24, 2.45) is 5.73 Å². The summed E-state index contributed by atoms with van der Waals surface area (Å²) in [4.78, 5) is 0. The van der Waals surface area contributed by atoms with E-state index >= 15 is 0 Å². The smallest absolute Gasteiger partial charge is 0.127 e. The molecule has 1 spiro atoms. The van der Waals surface area contributed by atoms with Gasteiger partial charge in [0.1, 0.15) is 17.7 Å². The Hall–Kier alpha value is -1.13. The van der Waals surface area contributed by atoms with Crippen LogP contribution in [0.5, 0.6) is 5.75 Å². The van der Waals surface area contributed by atoms with Crippen molar-refractivity contribution < 1.29 is 13.9 Å². The van der Waals surface area contributed by atoms with Crippen molar-refractivity contribution in [1.82, 2.24) is 0 Å². The van der Waals surface area contributed by atoms with Crippen LogP contribution < -0.4 is 10.5 Å². The summed E-state index contributed by atoms with van der Waals surface area (Å²) in [5.74, 6) is 0.307. The Morgan fingerprint density at radius 2 is 2.14 bits per heavy atom. The summed E-state index contributed by atoms with van der Waals surface area (Å²) in [6, 6.07) is 4.45. The number of ether oxygens (including phenoxy) is 2. The maximum absolute atomic E-state index is 13.5. The molecule has 2 N–H and O–H groups in total. The standard InChI is InChI=1S/C17H24FNO2/c1-12(19)15-5-4-13(18)10-16(15)21-14-6-9-20-17(11-14)7-2-3-8-17/h4-5,10,12,14H,2-3,6-9,11,19H2,1H3. The van der Waals surface area contributed by atoms with Crippen molar-refractivity contribution in [2.45, 2.75) is 63.2 Å². The number of rotatable bonds is 3. The minimum Gasteiger partial charge on any atom is -0.490 e. The molecule has 2 fully saturated rings. The van der Waals surface area contributed by atoms with Gasteiger partial charge in [-0.05, 0) is 25.8 Å². The lowest BCUT2D eigenvalue weighted by atomic mass is 9.90. The maximum atomic E-state index is 13.5. The second-order valence-electron chi connectivity index (χ2n) is 6.44. The van der Waals surface area contributed by atoms with Crippen LogP contribution in [0.4, 0.5) is 4.39 Å². The quantitative estimate of drug-likeness (QED) is 0.924. The number of benzene rings is 1. The molecule has 2 unspecified atom stereocenters. The van der Waals surface area contributed by atoms with E-state index in [1.54, 1.807) is 6.07 Å². The number of nitrogens with two attached hydrogens (primary N) is 1. The third-order valence-corrected chi connectivity index (χ3v) is 4.72. The molecule has 1 aromatic carbocycles. The first kappa shape index (κ1) is 14.8. The fourth-order valence-corrected chi connectivity index (χ4v) is 3.62. The molecule has 1 heterocycles. The summed E-state index contributed by atoms with van der Waals surface area (Å²) < 4.78 is 25.6. The van der Waals surface area contributed by atoms with Gasteiger partial charge in [0.25, 0.3) is 0 Å². The topological polar surface area (TPSA) is 44.5 Å². The summed E-state index contributed by atoms with van der Waals surface area (Å²) in [6.45, 7) is 2.62. The zero-order valence-electron chi connectivity index (χ0n) is 12.6. The van der Waals surface area contributed by atoms with Crippen LogP contribution in [-0.4, -0.2) is 18.3 Å². The van der Waals surface area contributed by atoms with E-state index in [1.807, 2.05) is 6.92 Å². The summed E-state index contributed by atoms with van der Waals surface area (Å²) in [6.07, 6.45) is 6.57. The number of halogens is 1. The van der Waals surface area contributed by atoms with Crippen molar-refractivity contribution in [3.05, 3.63) is 29.6 Å². The lowest BCUT2D eigenvalue weighted by Gasteiger charge is -2.38. The van der Waals surface area contributed by atoms with Crippen molar-refractivity contribution in [2.75, 3.05) is 6.61 Å². The molecule has 3 nitrogen and oxygen atoms in total. The van der Waals surface area contributed by atoms with Gasteiger partial charge in [0.2, 0.25) is 0 Å². The van der Waals surface area contributed by atoms with Crippen LogP contribution in [0.2, 0.25) is 0 Å². The molecule has 0 aromatic heterocycles. The first-order valence-corrected chi connectivity index (χ1v) is 7.94. The molecule has 21 heavy (non-hydrogen) atoms. The molecule has 1 saturated heterocycles. The second kappa shape index (κ2) is 5.93. The molecular weight excluding hydrogens is 269 g/mol. The van der Waals surface area contributed by atoms with Gasteiger partial charge >= 0.3 is 0 Å². The fourth-order valence-electron chi connectivity index (χ4n) is 3.62. The highest BCUT2D eigenvalue weighted by atomic mass is 19.1. The highest BCUT2D eigenvalue weighted by molar-refractivity contribution is 5.36. The average Bonchev–Trinajstić information content (AvgIpc) is 2.86. The Labute approximate surface area is 125 Å². The maximum Gasteiger partial charge on any atom is 0.127 e. The van der Waals surface area contributed by atoms with Gasteiger partial charge in [0.15, 0.2) is 0 Å². The monoisotopic (exact) mass is 293 g/mol. The Balaban J connectivity index is 1.75. The predicted octanol–water partition coefficient (Wildman–Crippen LogP) is 3.72. The minimum absolute atomic E-state index is 0.00470. The summed E-state index contributed by atoms with van der Waals surface area (Å²) in [5, 5.41) is 0. The van der Waals surface area contributed by atoms with Crippen LogP contribution in [0.1, 0.15) is 57.1 Å². The van der Waals surface area contributed by atoms with Crippen LogP contribution >= 0.6 is 0 Å². The van der Waals surface area contributed by atoms with E-state index < -0.39 is 0 Å². The molecule has 1 aliphatic heterocycles.